The molecule has 1 aliphatic rings. The van der Waals surface area contributed by atoms with E-state index in [1.54, 1.807) is 24.3 Å². The molecule has 1 atom stereocenters. The van der Waals surface area contributed by atoms with Crippen molar-refractivity contribution in [3.05, 3.63) is 65.5 Å². The number of esters is 1. The summed E-state index contributed by atoms with van der Waals surface area (Å²) >= 11 is 0. The largest absolute Gasteiger partial charge is 0.431 e. The molecule has 148 valence electrons. The first-order chi connectivity index (χ1) is 13.0. The lowest BCUT2D eigenvalue weighted by Crippen LogP contribution is -2.26. The Labute approximate surface area is 163 Å². The van der Waals surface area contributed by atoms with E-state index in [1.165, 1.54) is 31.2 Å². The zero-order chi connectivity index (χ0) is 20.7. The smallest absolute Gasteiger partial charge is 0.305 e. The van der Waals surface area contributed by atoms with Crippen LogP contribution in [0.5, 0.6) is 0 Å². The third-order valence-electron chi connectivity index (χ3n) is 4.49. The molecule has 0 aliphatic carbocycles. The highest BCUT2D eigenvalue weighted by atomic mass is 32.2. The van der Waals surface area contributed by atoms with Gasteiger partial charge in [0, 0.05) is 24.3 Å². The van der Waals surface area contributed by atoms with Crippen LogP contribution in [0.1, 0.15) is 31.9 Å². The molecule has 1 unspecified atom stereocenters. The number of rotatable bonds is 4. The summed E-state index contributed by atoms with van der Waals surface area (Å²) in [6, 6.07) is 12.3. The maximum Gasteiger partial charge on any atom is 0.305 e. The lowest BCUT2D eigenvalue weighted by atomic mass is 9.86. The van der Waals surface area contributed by atoms with Crippen LogP contribution in [0.25, 0.3) is 11.1 Å². The lowest BCUT2D eigenvalue weighted by molar-refractivity contribution is -0.172. The van der Waals surface area contributed by atoms with Crippen molar-refractivity contribution in [2.75, 3.05) is 6.26 Å². The molecule has 2 aromatic rings. The first-order valence-electron chi connectivity index (χ1n) is 8.65. The van der Waals surface area contributed by atoms with Gasteiger partial charge in [-0.05, 0) is 49.2 Å². The highest BCUT2D eigenvalue weighted by Crippen LogP contribution is 2.47. The lowest BCUT2D eigenvalue weighted by Gasteiger charge is -2.23. The first kappa shape index (κ1) is 20.2. The van der Waals surface area contributed by atoms with Gasteiger partial charge in [-0.1, -0.05) is 24.3 Å². The van der Waals surface area contributed by atoms with Crippen LogP contribution in [0.4, 0.5) is 4.39 Å². The second kappa shape index (κ2) is 7.14. The summed E-state index contributed by atoms with van der Waals surface area (Å²) in [5, 5.41) is 0. The fourth-order valence-electron chi connectivity index (χ4n) is 3.37. The van der Waals surface area contributed by atoms with E-state index in [2.05, 4.69) is 0 Å². The normalized spacial score (nSPS) is 19.0. The molecule has 0 radical (unpaired) electrons. The van der Waals surface area contributed by atoms with Crippen LogP contribution in [-0.4, -0.2) is 32.5 Å². The minimum Gasteiger partial charge on any atom is -0.431 e. The van der Waals surface area contributed by atoms with E-state index in [1.807, 2.05) is 13.8 Å². The molecule has 0 aromatic heterocycles. The molecule has 0 bridgehead atoms. The molecular formula is C21H21FO5S. The van der Waals surface area contributed by atoms with E-state index < -0.39 is 33.5 Å². The van der Waals surface area contributed by atoms with Crippen LogP contribution in [0.15, 0.2) is 53.4 Å². The van der Waals surface area contributed by atoms with Crippen molar-refractivity contribution in [3.8, 4) is 0 Å². The average molecular weight is 404 g/mol. The SMILES string of the molecule is CC(=O)OC1OC(C)(C)C(c2ccc(S(C)(=O)=O)cc2)=C1c1cccc(F)c1. The molecule has 5 nitrogen and oxygen atoms in total. The van der Waals surface area contributed by atoms with Gasteiger partial charge in [-0.15, -0.1) is 0 Å². The number of carbonyl (C=O) groups excluding carboxylic acids is 1. The molecule has 0 saturated carbocycles. The highest BCUT2D eigenvalue weighted by Gasteiger charge is 2.43. The summed E-state index contributed by atoms with van der Waals surface area (Å²) in [4.78, 5) is 11.8. The third-order valence-corrected chi connectivity index (χ3v) is 5.62. The zero-order valence-electron chi connectivity index (χ0n) is 16.0. The highest BCUT2D eigenvalue weighted by molar-refractivity contribution is 7.90. The van der Waals surface area contributed by atoms with Gasteiger partial charge in [0.1, 0.15) is 5.82 Å². The minimum atomic E-state index is -3.34. The van der Waals surface area contributed by atoms with Crippen molar-refractivity contribution in [1.82, 2.24) is 0 Å². The summed E-state index contributed by atoms with van der Waals surface area (Å²) in [5.41, 5.74) is 1.61. The van der Waals surface area contributed by atoms with Gasteiger partial charge < -0.3 is 9.47 Å². The van der Waals surface area contributed by atoms with Gasteiger partial charge in [-0.2, -0.15) is 0 Å². The number of hydrogen-bond donors (Lipinski definition) is 0. The topological polar surface area (TPSA) is 69.7 Å². The van der Waals surface area contributed by atoms with Crippen molar-refractivity contribution >= 4 is 27.0 Å². The average Bonchev–Trinajstić information content (AvgIpc) is 2.83. The van der Waals surface area contributed by atoms with Crippen LogP contribution in [0.2, 0.25) is 0 Å². The van der Waals surface area contributed by atoms with E-state index in [4.69, 9.17) is 9.47 Å². The van der Waals surface area contributed by atoms with E-state index >= 15 is 0 Å². The summed E-state index contributed by atoms with van der Waals surface area (Å²) in [5.74, 6) is -0.952. The molecule has 7 heteroatoms. The van der Waals surface area contributed by atoms with Gasteiger partial charge in [-0.25, -0.2) is 12.8 Å². The van der Waals surface area contributed by atoms with Crippen LogP contribution in [-0.2, 0) is 24.1 Å². The Morgan fingerprint density at radius 1 is 1.11 bits per heavy atom. The zero-order valence-corrected chi connectivity index (χ0v) is 16.8. The quantitative estimate of drug-likeness (QED) is 0.725. The number of benzene rings is 2. The Bertz CT molecular complexity index is 1050. The standard InChI is InChI=1S/C21H21FO5S/c1-13(23)26-20-18(15-6-5-7-16(22)12-15)19(21(2,3)27-20)14-8-10-17(11-9-14)28(4,24)25/h5-12,20H,1-4H3. The summed E-state index contributed by atoms with van der Waals surface area (Å²) in [7, 11) is -3.34. The summed E-state index contributed by atoms with van der Waals surface area (Å²) < 4.78 is 48.7. The van der Waals surface area contributed by atoms with Crippen molar-refractivity contribution in [2.24, 2.45) is 0 Å². The molecule has 1 aliphatic heterocycles. The van der Waals surface area contributed by atoms with E-state index in [0.29, 0.717) is 22.3 Å². The first-order valence-corrected chi connectivity index (χ1v) is 10.5. The monoisotopic (exact) mass is 404 g/mol. The molecule has 3 rings (SSSR count). The maximum absolute atomic E-state index is 13.9. The molecule has 0 fully saturated rings. The van der Waals surface area contributed by atoms with Gasteiger partial charge in [0.05, 0.1) is 10.5 Å². The molecule has 28 heavy (non-hydrogen) atoms. The number of sulfone groups is 1. The molecule has 2 aromatic carbocycles. The number of hydrogen-bond acceptors (Lipinski definition) is 5. The predicted molar refractivity (Wildman–Crippen MR) is 103 cm³/mol. The van der Waals surface area contributed by atoms with E-state index in [-0.39, 0.29) is 4.90 Å². The van der Waals surface area contributed by atoms with Gasteiger partial charge in [0.25, 0.3) is 0 Å². The summed E-state index contributed by atoms with van der Waals surface area (Å²) in [6.45, 7) is 4.91. The Balaban J connectivity index is 2.23. The van der Waals surface area contributed by atoms with Gasteiger partial charge in [0.15, 0.2) is 9.84 Å². The third kappa shape index (κ3) is 4.00. The maximum atomic E-state index is 13.9. The van der Waals surface area contributed by atoms with Gasteiger partial charge in [-0.3, -0.25) is 4.79 Å². The van der Waals surface area contributed by atoms with E-state index in [9.17, 15) is 17.6 Å². The van der Waals surface area contributed by atoms with Crippen LogP contribution < -0.4 is 0 Å². The van der Waals surface area contributed by atoms with Crippen molar-refractivity contribution in [3.63, 3.8) is 0 Å². The molecule has 0 saturated heterocycles. The van der Waals surface area contributed by atoms with E-state index in [0.717, 1.165) is 6.26 Å². The number of carbonyl (C=O) groups is 1. The van der Waals surface area contributed by atoms with Gasteiger partial charge >= 0.3 is 5.97 Å². The fraction of sp³-hybridized carbons (Fsp3) is 0.286. The van der Waals surface area contributed by atoms with Crippen molar-refractivity contribution < 1.29 is 27.1 Å². The Morgan fingerprint density at radius 3 is 2.29 bits per heavy atom. The second-order valence-corrected chi connectivity index (χ2v) is 9.18. The van der Waals surface area contributed by atoms with Crippen LogP contribution >= 0.6 is 0 Å². The number of ether oxygens (including phenoxy) is 2. The molecule has 0 spiro atoms. The summed E-state index contributed by atoms with van der Waals surface area (Å²) in [6.07, 6.45) is 0.137. The van der Waals surface area contributed by atoms with Crippen molar-refractivity contribution in [1.29, 1.82) is 0 Å². The second-order valence-electron chi connectivity index (χ2n) is 7.17. The Kier molecular flexibility index (Phi) is 5.16. The fourth-order valence-corrected chi connectivity index (χ4v) is 4.00. The molecular weight excluding hydrogens is 383 g/mol. The Morgan fingerprint density at radius 2 is 1.75 bits per heavy atom. The van der Waals surface area contributed by atoms with Crippen LogP contribution in [0.3, 0.4) is 0 Å². The molecule has 1 heterocycles. The molecule has 0 N–H and O–H groups in total. The van der Waals surface area contributed by atoms with Crippen LogP contribution in [0, 0.1) is 5.82 Å². The van der Waals surface area contributed by atoms with Gasteiger partial charge in [0.2, 0.25) is 6.29 Å². The number of halogens is 1. The minimum absolute atomic E-state index is 0.192. The Hall–Kier alpha value is -2.51. The van der Waals surface area contributed by atoms with Crippen molar-refractivity contribution in [2.45, 2.75) is 37.6 Å². The molecule has 0 amide bonds. The predicted octanol–water partition coefficient (Wildman–Crippen LogP) is 3.84.